The number of nitrogens with one attached hydrogen (secondary N) is 1. The minimum Gasteiger partial charge on any atom is -0.341 e. The molecular formula is C14H22N2O. The monoisotopic (exact) mass is 234 g/mol. The van der Waals surface area contributed by atoms with Gasteiger partial charge in [0.25, 0.3) is 0 Å². The van der Waals surface area contributed by atoms with Gasteiger partial charge in [-0.3, -0.25) is 4.79 Å². The first-order valence-corrected chi connectivity index (χ1v) is 7.00. The Morgan fingerprint density at radius 2 is 2.12 bits per heavy atom. The van der Waals surface area contributed by atoms with Gasteiger partial charge in [-0.15, -0.1) is 0 Å². The summed E-state index contributed by atoms with van der Waals surface area (Å²) in [6, 6.07) is 0.553. The molecular weight excluding hydrogens is 212 g/mol. The largest absolute Gasteiger partial charge is 0.341 e. The number of fused-ring (bicyclic) bond motifs is 4. The number of carbonyl (C=O) groups excluding carboxylic acids is 1. The second-order valence-corrected chi connectivity index (χ2v) is 5.77. The lowest BCUT2D eigenvalue weighted by Crippen LogP contribution is -2.42. The van der Waals surface area contributed by atoms with Crippen LogP contribution in [0.4, 0.5) is 0 Å². The molecule has 3 nitrogen and oxygen atoms in total. The Morgan fingerprint density at radius 1 is 1.18 bits per heavy atom. The highest BCUT2D eigenvalue weighted by Crippen LogP contribution is 2.26. The molecule has 1 N–H and O–H groups in total. The van der Waals surface area contributed by atoms with E-state index >= 15 is 0 Å². The smallest absolute Gasteiger partial charge is 0.226 e. The summed E-state index contributed by atoms with van der Waals surface area (Å²) in [5, 5.41) is 3.56. The van der Waals surface area contributed by atoms with E-state index in [1.807, 2.05) is 0 Å². The molecule has 4 rings (SSSR count). The molecule has 4 aliphatic rings. The normalized spacial score (nSPS) is 36.9. The van der Waals surface area contributed by atoms with Crippen LogP contribution in [0.1, 0.15) is 32.1 Å². The third-order valence-electron chi connectivity index (χ3n) is 4.47. The molecule has 0 saturated carbocycles. The van der Waals surface area contributed by atoms with Gasteiger partial charge in [-0.05, 0) is 44.6 Å². The molecule has 0 radical (unpaired) electrons. The van der Waals surface area contributed by atoms with E-state index in [1.54, 1.807) is 0 Å². The highest BCUT2D eigenvalue weighted by atomic mass is 16.2. The van der Waals surface area contributed by atoms with Crippen LogP contribution in [0.3, 0.4) is 0 Å². The highest BCUT2D eigenvalue weighted by molar-refractivity contribution is 5.79. The van der Waals surface area contributed by atoms with Gasteiger partial charge in [0, 0.05) is 25.0 Å². The Labute approximate surface area is 103 Å². The lowest BCUT2D eigenvalue weighted by Gasteiger charge is -2.28. The van der Waals surface area contributed by atoms with Crippen LogP contribution in [0.15, 0.2) is 12.2 Å². The number of amides is 1. The second-order valence-electron chi connectivity index (χ2n) is 5.77. The number of hydrogen-bond acceptors (Lipinski definition) is 2. The summed E-state index contributed by atoms with van der Waals surface area (Å²) < 4.78 is 0. The minimum atomic E-state index is 0.262. The van der Waals surface area contributed by atoms with Gasteiger partial charge >= 0.3 is 0 Å². The summed E-state index contributed by atoms with van der Waals surface area (Å²) in [4.78, 5) is 14.6. The molecule has 0 spiro atoms. The van der Waals surface area contributed by atoms with Crippen LogP contribution in [0.5, 0.6) is 0 Å². The van der Waals surface area contributed by atoms with Gasteiger partial charge in [0.2, 0.25) is 5.91 Å². The number of allylic oxidation sites excluding steroid dienone is 2. The SMILES string of the molecule is O=C(C1CC=CCC1)N1CC2CCC(C1)NC2. The zero-order valence-electron chi connectivity index (χ0n) is 10.4. The maximum Gasteiger partial charge on any atom is 0.226 e. The van der Waals surface area contributed by atoms with E-state index in [0.29, 0.717) is 17.9 Å². The van der Waals surface area contributed by atoms with Crippen molar-refractivity contribution < 1.29 is 4.79 Å². The lowest BCUT2D eigenvalue weighted by atomic mass is 9.93. The van der Waals surface area contributed by atoms with Crippen molar-refractivity contribution in [2.24, 2.45) is 11.8 Å². The molecule has 3 heterocycles. The molecule has 94 valence electrons. The zero-order chi connectivity index (χ0) is 11.7. The first-order chi connectivity index (χ1) is 8.33. The van der Waals surface area contributed by atoms with Gasteiger partial charge in [-0.25, -0.2) is 0 Å². The molecule has 2 bridgehead atoms. The Balaban J connectivity index is 1.67. The molecule has 3 saturated heterocycles. The van der Waals surface area contributed by atoms with Crippen molar-refractivity contribution in [3.63, 3.8) is 0 Å². The average Bonchev–Trinajstić information content (AvgIpc) is 2.72. The van der Waals surface area contributed by atoms with Crippen LogP contribution < -0.4 is 5.32 Å². The second kappa shape index (κ2) is 4.81. The van der Waals surface area contributed by atoms with Crippen molar-refractivity contribution >= 4 is 5.91 Å². The predicted molar refractivity (Wildman–Crippen MR) is 67.6 cm³/mol. The summed E-state index contributed by atoms with van der Waals surface area (Å²) in [5.41, 5.74) is 0. The number of piperidine rings is 1. The summed E-state index contributed by atoms with van der Waals surface area (Å²) in [5.74, 6) is 1.37. The topological polar surface area (TPSA) is 32.3 Å². The van der Waals surface area contributed by atoms with Crippen LogP contribution in [0.2, 0.25) is 0 Å². The fourth-order valence-electron chi connectivity index (χ4n) is 3.39. The fourth-order valence-corrected chi connectivity index (χ4v) is 3.39. The highest BCUT2D eigenvalue weighted by Gasteiger charge is 2.33. The first-order valence-electron chi connectivity index (χ1n) is 7.00. The molecule has 3 unspecified atom stereocenters. The third-order valence-corrected chi connectivity index (χ3v) is 4.47. The maximum atomic E-state index is 12.5. The number of rotatable bonds is 1. The van der Waals surface area contributed by atoms with Crippen molar-refractivity contribution in [2.45, 2.75) is 38.1 Å². The Kier molecular flexibility index (Phi) is 3.19. The van der Waals surface area contributed by atoms with Crippen LogP contribution in [-0.4, -0.2) is 36.5 Å². The Hall–Kier alpha value is -0.830. The molecule has 17 heavy (non-hydrogen) atoms. The Bertz CT molecular complexity index is 304. The lowest BCUT2D eigenvalue weighted by molar-refractivity contribution is -0.136. The van der Waals surface area contributed by atoms with E-state index in [0.717, 1.165) is 38.9 Å². The van der Waals surface area contributed by atoms with Gasteiger partial charge in [-0.2, -0.15) is 0 Å². The average molecular weight is 234 g/mol. The van der Waals surface area contributed by atoms with Crippen LogP contribution in [0.25, 0.3) is 0 Å². The minimum absolute atomic E-state index is 0.262. The van der Waals surface area contributed by atoms with Crippen molar-refractivity contribution in [3.05, 3.63) is 12.2 Å². The molecule has 0 aromatic carbocycles. The fraction of sp³-hybridized carbons (Fsp3) is 0.786. The zero-order valence-corrected chi connectivity index (χ0v) is 10.4. The van der Waals surface area contributed by atoms with Crippen molar-refractivity contribution in [3.8, 4) is 0 Å². The third kappa shape index (κ3) is 2.39. The standard InChI is InChI=1S/C14H22N2O/c17-14(12-4-2-1-3-5-12)16-9-11-6-7-13(10-16)15-8-11/h1-2,11-13,15H,3-10H2. The quantitative estimate of drug-likeness (QED) is 0.698. The first kappa shape index (κ1) is 11.3. The number of carbonyl (C=O) groups is 1. The van der Waals surface area contributed by atoms with E-state index in [4.69, 9.17) is 0 Å². The van der Waals surface area contributed by atoms with Gasteiger partial charge in [0.1, 0.15) is 0 Å². The number of nitrogens with zero attached hydrogens (tertiary/aromatic N) is 1. The molecule has 1 aliphatic carbocycles. The molecule has 0 aromatic rings. The molecule has 1 amide bonds. The van der Waals surface area contributed by atoms with Crippen LogP contribution >= 0.6 is 0 Å². The summed E-state index contributed by atoms with van der Waals surface area (Å²) in [6.07, 6.45) is 10.0. The van der Waals surface area contributed by atoms with E-state index in [2.05, 4.69) is 22.4 Å². The van der Waals surface area contributed by atoms with Gasteiger partial charge in [-0.1, -0.05) is 12.2 Å². The van der Waals surface area contributed by atoms with Gasteiger partial charge in [0.15, 0.2) is 0 Å². The van der Waals surface area contributed by atoms with E-state index < -0.39 is 0 Å². The molecule has 3 fully saturated rings. The van der Waals surface area contributed by atoms with Crippen molar-refractivity contribution in [1.82, 2.24) is 10.2 Å². The molecule has 3 heteroatoms. The predicted octanol–water partition coefficient (Wildman–Crippen LogP) is 1.55. The maximum absolute atomic E-state index is 12.5. The summed E-state index contributed by atoms with van der Waals surface area (Å²) >= 11 is 0. The van der Waals surface area contributed by atoms with Gasteiger partial charge in [0.05, 0.1) is 0 Å². The molecule has 0 aromatic heterocycles. The Morgan fingerprint density at radius 3 is 2.82 bits per heavy atom. The van der Waals surface area contributed by atoms with E-state index in [1.165, 1.54) is 12.8 Å². The van der Waals surface area contributed by atoms with Gasteiger partial charge < -0.3 is 10.2 Å². The number of hydrogen-bond donors (Lipinski definition) is 1. The van der Waals surface area contributed by atoms with E-state index in [-0.39, 0.29) is 5.92 Å². The summed E-state index contributed by atoms with van der Waals surface area (Å²) in [7, 11) is 0. The van der Waals surface area contributed by atoms with E-state index in [9.17, 15) is 4.79 Å². The molecule has 3 aliphatic heterocycles. The van der Waals surface area contributed by atoms with Crippen molar-refractivity contribution in [2.75, 3.05) is 19.6 Å². The molecule has 3 atom stereocenters. The summed E-state index contributed by atoms with van der Waals surface area (Å²) in [6.45, 7) is 3.04. The van der Waals surface area contributed by atoms with Crippen LogP contribution in [-0.2, 0) is 4.79 Å². The van der Waals surface area contributed by atoms with Crippen molar-refractivity contribution in [1.29, 1.82) is 0 Å². The van der Waals surface area contributed by atoms with Crippen LogP contribution in [0, 0.1) is 11.8 Å².